The fraction of sp³-hybridized carbons (Fsp3) is 0.188. The van der Waals surface area contributed by atoms with Crippen LogP contribution in [0.3, 0.4) is 0 Å². The fourth-order valence-corrected chi connectivity index (χ4v) is 2.36. The molecular weight excluding hydrogens is 270 g/mol. The predicted octanol–water partition coefficient (Wildman–Crippen LogP) is 2.60. The van der Waals surface area contributed by atoms with Crippen LogP contribution in [0, 0.1) is 0 Å². The largest absolute Gasteiger partial charge is 0.457 e. The highest BCUT2D eigenvalue weighted by Gasteiger charge is 2.28. The summed E-state index contributed by atoms with van der Waals surface area (Å²) >= 11 is 0. The zero-order valence-corrected chi connectivity index (χ0v) is 11.3. The molecule has 0 fully saturated rings. The Morgan fingerprint density at radius 1 is 1.10 bits per heavy atom. The number of nitrogens with one attached hydrogen (secondary N) is 1. The lowest BCUT2D eigenvalue weighted by Crippen LogP contribution is -2.32. The lowest BCUT2D eigenvalue weighted by atomic mass is 9.95. The van der Waals surface area contributed by atoms with Gasteiger partial charge >= 0.3 is 6.09 Å². The minimum Gasteiger partial charge on any atom is -0.457 e. The number of hydrogen-bond acceptors (Lipinski definition) is 4. The summed E-state index contributed by atoms with van der Waals surface area (Å²) in [6, 6.07) is 14.7. The van der Waals surface area contributed by atoms with Gasteiger partial charge in [0.05, 0.1) is 12.6 Å². The summed E-state index contributed by atoms with van der Waals surface area (Å²) in [4.78, 5) is 11.8. The Kier molecular flexibility index (Phi) is 3.75. The van der Waals surface area contributed by atoms with E-state index in [0.717, 1.165) is 11.1 Å². The highest BCUT2D eigenvalue weighted by atomic mass is 16.6. The SMILES string of the molecule is O=C(NC1c2ccccc2Oc2ccccc21)OCCO. The molecule has 0 radical (unpaired) electrons. The van der Waals surface area contributed by atoms with Gasteiger partial charge in [-0.25, -0.2) is 4.79 Å². The van der Waals surface area contributed by atoms with Crippen molar-refractivity contribution in [1.82, 2.24) is 5.32 Å². The van der Waals surface area contributed by atoms with Crippen LogP contribution in [-0.4, -0.2) is 24.4 Å². The molecule has 108 valence electrons. The van der Waals surface area contributed by atoms with E-state index in [1.165, 1.54) is 0 Å². The maximum Gasteiger partial charge on any atom is 0.407 e. The second-order valence-corrected chi connectivity index (χ2v) is 4.61. The molecule has 2 N–H and O–H groups in total. The number of ether oxygens (including phenoxy) is 2. The van der Waals surface area contributed by atoms with Gasteiger partial charge in [-0.15, -0.1) is 0 Å². The molecule has 1 aliphatic heterocycles. The zero-order valence-electron chi connectivity index (χ0n) is 11.3. The highest BCUT2D eigenvalue weighted by molar-refractivity contribution is 5.70. The average molecular weight is 285 g/mol. The summed E-state index contributed by atoms with van der Waals surface area (Å²) in [6.45, 7) is -0.229. The molecule has 0 aliphatic carbocycles. The van der Waals surface area contributed by atoms with Crippen molar-refractivity contribution >= 4 is 6.09 Å². The molecule has 0 bridgehead atoms. The number of rotatable bonds is 3. The number of para-hydroxylation sites is 2. The van der Waals surface area contributed by atoms with Crippen molar-refractivity contribution in [3.63, 3.8) is 0 Å². The van der Waals surface area contributed by atoms with Gasteiger partial charge in [-0.05, 0) is 12.1 Å². The number of fused-ring (bicyclic) bond motifs is 2. The van der Waals surface area contributed by atoms with Crippen LogP contribution in [0.5, 0.6) is 11.5 Å². The summed E-state index contributed by atoms with van der Waals surface area (Å²) in [7, 11) is 0. The molecular formula is C16H15NO4. The Morgan fingerprint density at radius 3 is 2.24 bits per heavy atom. The minimum absolute atomic E-state index is 0.0294. The number of amides is 1. The lowest BCUT2D eigenvalue weighted by Gasteiger charge is -2.28. The standard InChI is InChI=1S/C16H15NO4/c18-9-10-20-16(19)17-15-11-5-1-3-7-13(11)21-14-8-4-2-6-12(14)15/h1-8,15,18H,9-10H2,(H,17,19). The van der Waals surface area contributed by atoms with E-state index in [1.807, 2.05) is 48.5 Å². The van der Waals surface area contributed by atoms with Crippen LogP contribution >= 0.6 is 0 Å². The maximum atomic E-state index is 11.8. The first kappa shape index (κ1) is 13.5. The lowest BCUT2D eigenvalue weighted by molar-refractivity contribution is 0.117. The molecule has 2 aromatic carbocycles. The van der Waals surface area contributed by atoms with Gasteiger partial charge in [0.1, 0.15) is 18.1 Å². The van der Waals surface area contributed by atoms with Crippen molar-refractivity contribution in [3.05, 3.63) is 59.7 Å². The van der Waals surface area contributed by atoms with Crippen molar-refractivity contribution in [1.29, 1.82) is 0 Å². The van der Waals surface area contributed by atoms with E-state index < -0.39 is 6.09 Å². The van der Waals surface area contributed by atoms with Crippen molar-refractivity contribution in [2.24, 2.45) is 0 Å². The smallest absolute Gasteiger partial charge is 0.407 e. The molecule has 3 rings (SSSR count). The molecule has 5 nitrogen and oxygen atoms in total. The molecule has 1 heterocycles. The first-order valence-corrected chi connectivity index (χ1v) is 6.69. The van der Waals surface area contributed by atoms with Crippen molar-refractivity contribution < 1.29 is 19.4 Å². The topological polar surface area (TPSA) is 67.8 Å². The predicted molar refractivity (Wildman–Crippen MR) is 76.4 cm³/mol. The minimum atomic E-state index is -0.569. The van der Waals surface area contributed by atoms with Crippen LogP contribution in [0.15, 0.2) is 48.5 Å². The summed E-state index contributed by atoms with van der Waals surface area (Å²) in [5.41, 5.74) is 1.74. The number of alkyl carbamates (subject to hydrolysis) is 1. The van der Waals surface area contributed by atoms with E-state index in [1.54, 1.807) is 0 Å². The summed E-state index contributed by atoms with van der Waals surface area (Å²) in [5, 5.41) is 11.5. The first-order valence-electron chi connectivity index (χ1n) is 6.69. The third kappa shape index (κ3) is 2.68. The normalized spacial score (nSPS) is 12.8. The van der Waals surface area contributed by atoms with E-state index in [0.29, 0.717) is 11.5 Å². The molecule has 5 heteroatoms. The van der Waals surface area contributed by atoms with Crippen molar-refractivity contribution in [3.8, 4) is 11.5 Å². The second-order valence-electron chi connectivity index (χ2n) is 4.61. The van der Waals surface area contributed by atoms with Crippen LogP contribution in [0.2, 0.25) is 0 Å². The van der Waals surface area contributed by atoms with Gasteiger partial charge in [0.25, 0.3) is 0 Å². The molecule has 1 amide bonds. The van der Waals surface area contributed by atoms with E-state index in [4.69, 9.17) is 14.6 Å². The quantitative estimate of drug-likeness (QED) is 0.909. The number of benzene rings is 2. The van der Waals surface area contributed by atoms with Gasteiger partial charge in [-0.1, -0.05) is 36.4 Å². The molecule has 0 unspecified atom stereocenters. The Hall–Kier alpha value is -2.53. The van der Waals surface area contributed by atoms with E-state index in [9.17, 15) is 4.79 Å². The number of carbonyl (C=O) groups is 1. The number of carbonyl (C=O) groups excluding carboxylic acids is 1. The maximum absolute atomic E-state index is 11.8. The summed E-state index contributed by atoms with van der Waals surface area (Å²) in [6.07, 6.45) is -0.569. The third-order valence-corrected chi connectivity index (χ3v) is 3.27. The Labute approximate surface area is 122 Å². The Balaban J connectivity index is 1.93. The Bertz CT molecular complexity index is 611. The number of aliphatic hydroxyl groups is 1. The van der Waals surface area contributed by atoms with Crippen molar-refractivity contribution in [2.45, 2.75) is 6.04 Å². The van der Waals surface area contributed by atoms with Crippen LogP contribution in [0.1, 0.15) is 17.2 Å². The third-order valence-electron chi connectivity index (χ3n) is 3.27. The van der Waals surface area contributed by atoms with Crippen molar-refractivity contribution in [2.75, 3.05) is 13.2 Å². The van der Waals surface area contributed by atoms with Gasteiger partial charge in [0.2, 0.25) is 0 Å². The second kappa shape index (κ2) is 5.85. The van der Waals surface area contributed by atoms with Crippen LogP contribution < -0.4 is 10.1 Å². The molecule has 21 heavy (non-hydrogen) atoms. The molecule has 0 spiro atoms. The highest BCUT2D eigenvalue weighted by Crippen LogP contribution is 2.42. The summed E-state index contributed by atoms with van der Waals surface area (Å²) in [5.74, 6) is 1.42. The molecule has 0 saturated carbocycles. The number of hydrogen-bond donors (Lipinski definition) is 2. The average Bonchev–Trinajstić information content (AvgIpc) is 2.52. The molecule has 0 saturated heterocycles. The van der Waals surface area contributed by atoms with Crippen LogP contribution in [0.4, 0.5) is 4.79 Å². The van der Waals surface area contributed by atoms with E-state index >= 15 is 0 Å². The zero-order chi connectivity index (χ0) is 14.7. The molecule has 0 aromatic heterocycles. The van der Waals surface area contributed by atoms with Crippen LogP contribution in [-0.2, 0) is 4.74 Å². The molecule has 1 aliphatic rings. The van der Waals surface area contributed by atoms with Gasteiger partial charge in [0, 0.05) is 11.1 Å². The van der Waals surface area contributed by atoms with Crippen LogP contribution in [0.25, 0.3) is 0 Å². The summed E-state index contributed by atoms with van der Waals surface area (Å²) < 4.78 is 10.7. The van der Waals surface area contributed by atoms with Gasteiger partial charge in [-0.3, -0.25) is 0 Å². The van der Waals surface area contributed by atoms with E-state index in [2.05, 4.69) is 5.32 Å². The number of aliphatic hydroxyl groups excluding tert-OH is 1. The van der Waals surface area contributed by atoms with Gasteiger partial charge in [0.15, 0.2) is 0 Å². The first-order chi connectivity index (χ1) is 10.3. The molecule has 0 atom stereocenters. The van der Waals surface area contributed by atoms with E-state index in [-0.39, 0.29) is 19.3 Å². The Morgan fingerprint density at radius 2 is 1.67 bits per heavy atom. The van der Waals surface area contributed by atoms with Gasteiger partial charge in [-0.2, -0.15) is 0 Å². The van der Waals surface area contributed by atoms with Gasteiger partial charge < -0.3 is 19.9 Å². The monoisotopic (exact) mass is 285 g/mol. The molecule has 2 aromatic rings. The fourth-order valence-electron chi connectivity index (χ4n) is 2.36.